The van der Waals surface area contributed by atoms with Crippen molar-refractivity contribution >= 4 is 11.6 Å². The van der Waals surface area contributed by atoms with Crippen molar-refractivity contribution in [1.82, 2.24) is 9.97 Å². The number of methoxy groups -OCH3 is 1. The maximum atomic E-state index is 5.57. The van der Waals surface area contributed by atoms with Gasteiger partial charge in [0.25, 0.3) is 0 Å². The summed E-state index contributed by atoms with van der Waals surface area (Å²) in [6.45, 7) is 7.42. The highest BCUT2D eigenvalue weighted by Crippen LogP contribution is 2.34. The lowest BCUT2D eigenvalue weighted by Gasteiger charge is -2.33. The summed E-state index contributed by atoms with van der Waals surface area (Å²) in [5, 5.41) is 3.32. The summed E-state index contributed by atoms with van der Waals surface area (Å²) in [7, 11) is 1.70. The molecule has 0 aliphatic carbocycles. The number of hydrogen-bond donors (Lipinski definition) is 1. The van der Waals surface area contributed by atoms with E-state index >= 15 is 0 Å². The second-order valence-corrected chi connectivity index (χ2v) is 5.73. The third-order valence-corrected chi connectivity index (χ3v) is 4.14. The molecule has 0 unspecified atom stereocenters. The summed E-state index contributed by atoms with van der Waals surface area (Å²) < 4.78 is 5.57. The minimum absolute atomic E-state index is 0.778. The molecule has 1 saturated heterocycles. The molecule has 1 aromatic rings. The number of nitrogens with one attached hydrogen (secondary N) is 1. The third kappa shape index (κ3) is 3.99. The molecule has 0 radical (unpaired) electrons. The summed E-state index contributed by atoms with van der Waals surface area (Å²) in [4.78, 5) is 11.1. The van der Waals surface area contributed by atoms with Crippen molar-refractivity contribution in [3.05, 3.63) is 6.33 Å². The zero-order chi connectivity index (χ0) is 15.1. The van der Waals surface area contributed by atoms with Crippen LogP contribution in [0.3, 0.4) is 0 Å². The van der Waals surface area contributed by atoms with E-state index in [9.17, 15) is 0 Å². The molecule has 118 valence electrons. The van der Waals surface area contributed by atoms with Gasteiger partial charge in [0.2, 0.25) is 5.75 Å². The molecule has 0 spiro atoms. The molecular formula is C16H28N4O. The van der Waals surface area contributed by atoms with Gasteiger partial charge in [-0.3, -0.25) is 0 Å². The van der Waals surface area contributed by atoms with Crippen LogP contribution in [0.15, 0.2) is 6.33 Å². The lowest BCUT2D eigenvalue weighted by Crippen LogP contribution is -2.34. The van der Waals surface area contributed by atoms with Crippen LogP contribution >= 0.6 is 0 Å². The predicted molar refractivity (Wildman–Crippen MR) is 87.2 cm³/mol. The second-order valence-electron chi connectivity index (χ2n) is 5.73. The lowest BCUT2D eigenvalue weighted by atomic mass is 9.92. The van der Waals surface area contributed by atoms with E-state index < -0.39 is 0 Å². The van der Waals surface area contributed by atoms with E-state index in [0.29, 0.717) is 0 Å². The normalized spacial score (nSPS) is 16.0. The van der Waals surface area contributed by atoms with Crippen molar-refractivity contribution < 1.29 is 4.74 Å². The first-order valence-corrected chi connectivity index (χ1v) is 8.17. The standard InChI is InChI=1S/C16H28N4O/c1-4-6-13-7-10-20(11-8-13)16-14(21-3)15(17-9-5-2)18-12-19-16/h12-13H,4-11H2,1-3H3,(H,17,18,19). The van der Waals surface area contributed by atoms with Crippen LogP contribution in [-0.2, 0) is 0 Å². The maximum Gasteiger partial charge on any atom is 0.204 e. The fourth-order valence-corrected chi connectivity index (χ4v) is 2.99. The Hall–Kier alpha value is -1.52. The van der Waals surface area contributed by atoms with E-state index in [2.05, 4.69) is 34.0 Å². The highest BCUT2D eigenvalue weighted by molar-refractivity contribution is 5.64. The molecule has 21 heavy (non-hydrogen) atoms. The summed E-state index contributed by atoms with van der Waals surface area (Å²) in [5.41, 5.74) is 0. The fraction of sp³-hybridized carbons (Fsp3) is 0.750. The Labute approximate surface area is 128 Å². The highest BCUT2D eigenvalue weighted by Gasteiger charge is 2.23. The van der Waals surface area contributed by atoms with E-state index in [1.54, 1.807) is 13.4 Å². The number of ether oxygens (including phenoxy) is 1. The first-order valence-electron chi connectivity index (χ1n) is 8.17. The van der Waals surface area contributed by atoms with Gasteiger partial charge in [-0.2, -0.15) is 0 Å². The van der Waals surface area contributed by atoms with Crippen LogP contribution in [0.25, 0.3) is 0 Å². The van der Waals surface area contributed by atoms with Crippen LogP contribution in [0.5, 0.6) is 5.75 Å². The SMILES string of the molecule is CCCNc1ncnc(N2CCC(CCC)CC2)c1OC. The fourth-order valence-electron chi connectivity index (χ4n) is 2.99. The Kier molecular flexibility index (Phi) is 6.08. The van der Waals surface area contributed by atoms with Crippen molar-refractivity contribution in [2.24, 2.45) is 5.92 Å². The minimum atomic E-state index is 0.778. The Morgan fingerprint density at radius 2 is 2.00 bits per heavy atom. The largest absolute Gasteiger partial charge is 0.490 e. The Morgan fingerprint density at radius 3 is 2.62 bits per heavy atom. The van der Waals surface area contributed by atoms with Gasteiger partial charge in [0.05, 0.1) is 7.11 Å². The summed E-state index contributed by atoms with van der Waals surface area (Å²) in [6, 6.07) is 0. The van der Waals surface area contributed by atoms with E-state index in [1.807, 2.05) is 0 Å². The third-order valence-electron chi connectivity index (χ3n) is 4.14. The maximum absolute atomic E-state index is 5.57. The van der Waals surface area contributed by atoms with E-state index in [1.165, 1.54) is 25.7 Å². The topological polar surface area (TPSA) is 50.3 Å². The number of hydrogen-bond acceptors (Lipinski definition) is 5. The molecular weight excluding hydrogens is 264 g/mol. The minimum Gasteiger partial charge on any atom is -0.490 e. The Balaban J connectivity index is 2.09. The van der Waals surface area contributed by atoms with Gasteiger partial charge in [0.15, 0.2) is 11.6 Å². The molecule has 0 aromatic carbocycles. The number of anilines is 2. The summed E-state index contributed by atoms with van der Waals surface area (Å²) >= 11 is 0. The van der Waals surface area contributed by atoms with E-state index in [0.717, 1.165) is 49.4 Å². The summed E-state index contributed by atoms with van der Waals surface area (Å²) in [5.74, 6) is 3.39. The van der Waals surface area contributed by atoms with E-state index in [-0.39, 0.29) is 0 Å². The summed E-state index contributed by atoms with van der Waals surface area (Å²) in [6.07, 6.45) is 7.82. The van der Waals surface area contributed by atoms with Crippen LogP contribution in [0, 0.1) is 5.92 Å². The smallest absolute Gasteiger partial charge is 0.204 e. The molecule has 1 N–H and O–H groups in total. The van der Waals surface area contributed by atoms with Crippen LogP contribution in [-0.4, -0.2) is 36.7 Å². The molecule has 0 amide bonds. The van der Waals surface area contributed by atoms with E-state index in [4.69, 9.17) is 4.74 Å². The molecule has 0 atom stereocenters. The average Bonchev–Trinajstić information content (AvgIpc) is 2.53. The Bertz CT molecular complexity index is 430. The van der Waals surface area contributed by atoms with Crippen LogP contribution in [0.2, 0.25) is 0 Å². The number of piperidine rings is 1. The first-order chi connectivity index (χ1) is 10.3. The van der Waals surface area contributed by atoms with Crippen molar-refractivity contribution in [2.75, 3.05) is 37.0 Å². The van der Waals surface area contributed by atoms with Gasteiger partial charge in [-0.25, -0.2) is 9.97 Å². The number of aromatic nitrogens is 2. The van der Waals surface area contributed by atoms with Gasteiger partial charge in [0.1, 0.15) is 6.33 Å². The number of rotatable bonds is 7. The van der Waals surface area contributed by atoms with Gasteiger partial charge in [-0.05, 0) is 25.2 Å². The van der Waals surface area contributed by atoms with Gasteiger partial charge in [0, 0.05) is 19.6 Å². The molecule has 5 heteroatoms. The van der Waals surface area contributed by atoms with Crippen LogP contribution in [0.4, 0.5) is 11.6 Å². The molecule has 1 aliphatic rings. The van der Waals surface area contributed by atoms with Crippen molar-refractivity contribution in [2.45, 2.75) is 46.0 Å². The molecule has 1 aliphatic heterocycles. The molecule has 2 heterocycles. The van der Waals surface area contributed by atoms with Gasteiger partial charge >= 0.3 is 0 Å². The predicted octanol–water partition coefficient (Wildman–Crippen LogP) is 3.32. The molecule has 0 saturated carbocycles. The highest BCUT2D eigenvalue weighted by atomic mass is 16.5. The second kappa shape index (κ2) is 8.05. The monoisotopic (exact) mass is 292 g/mol. The van der Waals surface area contributed by atoms with Crippen LogP contribution < -0.4 is 15.0 Å². The van der Waals surface area contributed by atoms with Crippen molar-refractivity contribution in [3.63, 3.8) is 0 Å². The first kappa shape index (κ1) is 15.9. The van der Waals surface area contributed by atoms with Crippen molar-refractivity contribution in [1.29, 1.82) is 0 Å². The molecule has 0 bridgehead atoms. The van der Waals surface area contributed by atoms with Gasteiger partial charge < -0.3 is 15.0 Å². The lowest BCUT2D eigenvalue weighted by molar-refractivity contribution is 0.370. The molecule has 1 aromatic heterocycles. The Morgan fingerprint density at radius 1 is 1.24 bits per heavy atom. The zero-order valence-corrected chi connectivity index (χ0v) is 13.6. The molecule has 5 nitrogen and oxygen atoms in total. The van der Waals surface area contributed by atoms with Crippen molar-refractivity contribution in [3.8, 4) is 5.75 Å². The molecule has 1 fully saturated rings. The van der Waals surface area contributed by atoms with Gasteiger partial charge in [-0.1, -0.05) is 26.7 Å². The zero-order valence-electron chi connectivity index (χ0n) is 13.6. The molecule has 2 rings (SSSR count). The number of nitrogens with zero attached hydrogens (tertiary/aromatic N) is 3. The van der Waals surface area contributed by atoms with Crippen LogP contribution in [0.1, 0.15) is 46.0 Å². The average molecular weight is 292 g/mol. The quantitative estimate of drug-likeness (QED) is 0.835. The van der Waals surface area contributed by atoms with Gasteiger partial charge in [-0.15, -0.1) is 0 Å².